The van der Waals surface area contributed by atoms with E-state index in [0.29, 0.717) is 0 Å². The summed E-state index contributed by atoms with van der Waals surface area (Å²) in [5.74, 6) is 0.794. The van der Waals surface area contributed by atoms with E-state index in [9.17, 15) is 4.79 Å². The number of hydrogen-bond donors (Lipinski definition) is 1. The molecule has 2 amide bonds. The third-order valence-corrected chi connectivity index (χ3v) is 2.70. The largest absolute Gasteiger partial charge is 0.467 e. The Bertz CT molecular complexity index is 315. The number of furan rings is 1. The molecular formula is C11H16N2O2. The third kappa shape index (κ3) is 2.32. The lowest BCUT2D eigenvalue weighted by molar-refractivity contribution is 0.204. The van der Waals surface area contributed by atoms with Crippen LogP contribution in [0, 0.1) is 0 Å². The first-order valence-electron chi connectivity index (χ1n) is 5.36. The van der Waals surface area contributed by atoms with E-state index >= 15 is 0 Å². The number of amides is 2. The van der Waals surface area contributed by atoms with Gasteiger partial charge in [-0.15, -0.1) is 0 Å². The van der Waals surface area contributed by atoms with Gasteiger partial charge >= 0.3 is 6.03 Å². The number of hydrogen-bond acceptors (Lipinski definition) is 2. The average molecular weight is 208 g/mol. The van der Waals surface area contributed by atoms with Crippen molar-refractivity contribution in [2.75, 3.05) is 13.1 Å². The van der Waals surface area contributed by atoms with Gasteiger partial charge in [0.1, 0.15) is 5.76 Å². The van der Waals surface area contributed by atoms with Crippen molar-refractivity contribution < 1.29 is 9.21 Å². The maximum Gasteiger partial charge on any atom is 0.317 e. The maximum atomic E-state index is 11.7. The molecule has 1 aromatic heterocycles. The summed E-state index contributed by atoms with van der Waals surface area (Å²) in [6, 6.07) is 3.65. The number of nitrogens with zero attached hydrogens (tertiary/aromatic N) is 1. The normalized spacial score (nSPS) is 17.8. The third-order valence-electron chi connectivity index (χ3n) is 2.70. The standard InChI is InChI=1S/C11H16N2O2/c1-9(10-5-4-8-15-10)12-11(14)13-6-2-3-7-13/h4-5,8-9H,2-3,6-7H2,1H3,(H,12,14). The van der Waals surface area contributed by atoms with E-state index < -0.39 is 0 Å². The van der Waals surface area contributed by atoms with Gasteiger partial charge in [0.15, 0.2) is 0 Å². The molecule has 0 saturated carbocycles. The minimum absolute atomic E-state index is 0.0106. The summed E-state index contributed by atoms with van der Waals surface area (Å²) in [4.78, 5) is 13.6. The summed E-state index contributed by atoms with van der Waals surface area (Å²) in [6.45, 7) is 3.67. The van der Waals surface area contributed by atoms with Crippen LogP contribution in [-0.2, 0) is 0 Å². The van der Waals surface area contributed by atoms with Crippen LogP contribution < -0.4 is 5.32 Å². The molecule has 0 aliphatic carbocycles. The molecule has 1 atom stereocenters. The lowest BCUT2D eigenvalue weighted by Gasteiger charge is -2.19. The second-order valence-corrected chi connectivity index (χ2v) is 3.88. The Kier molecular flexibility index (Phi) is 2.94. The number of carbonyl (C=O) groups is 1. The number of likely N-dealkylation sites (tertiary alicyclic amines) is 1. The highest BCUT2D eigenvalue weighted by Crippen LogP contribution is 2.14. The van der Waals surface area contributed by atoms with Gasteiger partial charge in [0.2, 0.25) is 0 Å². The molecule has 0 aromatic carbocycles. The van der Waals surface area contributed by atoms with Gasteiger partial charge in [-0.05, 0) is 31.9 Å². The summed E-state index contributed by atoms with van der Waals surface area (Å²) < 4.78 is 5.23. The molecule has 0 spiro atoms. The second-order valence-electron chi connectivity index (χ2n) is 3.88. The number of carbonyl (C=O) groups excluding carboxylic acids is 1. The SMILES string of the molecule is CC(NC(=O)N1CCCC1)c1ccco1. The van der Waals surface area contributed by atoms with Crippen LogP contribution in [-0.4, -0.2) is 24.0 Å². The van der Waals surface area contributed by atoms with E-state index in [-0.39, 0.29) is 12.1 Å². The zero-order valence-electron chi connectivity index (χ0n) is 8.90. The first kappa shape index (κ1) is 10.1. The molecule has 2 rings (SSSR count). The molecule has 1 aliphatic rings. The molecule has 2 heterocycles. The molecule has 0 radical (unpaired) electrons. The van der Waals surface area contributed by atoms with E-state index in [4.69, 9.17) is 4.42 Å². The van der Waals surface area contributed by atoms with Crippen molar-refractivity contribution in [3.05, 3.63) is 24.2 Å². The number of nitrogens with one attached hydrogen (secondary N) is 1. The molecule has 1 fully saturated rings. The van der Waals surface area contributed by atoms with E-state index in [1.54, 1.807) is 6.26 Å². The molecule has 1 aromatic rings. The Hall–Kier alpha value is -1.45. The Morgan fingerprint density at radius 2 is 2.27 bits per heavy atom. The van der Waals surface area contributed by atoms with E-state index in [2.05, 4.69) is 5.32 Å². The molecule has 15 heavy (non-hydrogen) atoms. The van der Waals surface area contributed by atoms with E-state index in [1.807, 2.05) is 24.0 Å². The van der Waals surface area contributed by atoms with Crippen LogP contribution in [0.1, 0.15) is 31.6 Å². The van der Waals surface area contributed by atoms with Crippen LogP contribution in [0.15, 0.2) is 22.8 Å². The van der Waals surface area contributed by atoms with Gasteiger partial charge in [-0.3, -0.25) is 0 Å². The number of rotatable bonds is 2. The van der Waals surface area contributed by atoms with Crippen molar-refractivity contribution in [1.82, 2.24) is 10.2 Å². The molecular weight excluding hydrogens is 192 g/mol. The molecule has 4 heteroatoms. The molecule has 1 unspecified atom stereocenters. The van der Waals surface area contributed by atoms with Crippen LogP contribution in [0.2, 0.25) is 0 Å². The molecule has 1 aliphatic heterocycles. The fourth-order valence-corrected chi connectivity index (χ4v) is 1.81. The highest BCUT2D eigenvalue weighted by Gasteiger charge is 2.20. The first-order valence-corrected chi connectivity index (χ1v) is 5.36. The Balaban J connectivity index is 1.88. The van der Waals surface area contributed by atoms with Gasteiger partial charge in [0.05, 0.1) is 12.3 Å². The van der Waals surface area contributed by atoms with Gasteiger partial charge in [-0.1, -0.05) is 0 Å². The van der Waals surface area contributed by atoms with Gasteiger partial charge in [-0.25, -0.2) is 4.79 Å². The first-order chi connectivity index (χ1) is 7.27. The minimum atomic E-state index is -0.0619. The Morgan fingerprint density at radius 3 is 2.87 bits per heavy atom. The summed E-state index contributed by atoms with van der Waals surface area (Å²) in [6.07, 6.45) is 3.85. The monoisotopic (exact) mass is 208 g/mol. The topological polar surface area (TPSA) is 45.5 Å². The van der Waals surface area contributed by atoms with Gasteiger partial charge in [-0.2, -0.15) is 0 Å². The van der Waals surface area contributed by atoms with Crippen molar-refractivity contribution in [3.8, 4) is 0 Å². The van der Waals surface area contributed by atoms with Crippen LogP contribution in [0.25, 0.3) is 0 Å². The van der Waals surface area contributed by atoms with Crippen LogP contribution in [0.4, 0.5) is 4.79 Å². The zero-order chi connectivity index (χ0) is 10.7. The Labute approximate surface area is 89.2 Å². The Morgan fingerprint density at radius 1 is 1.53 bits per heavy atom. The summed E-state index contributed by atoms with van der Waals surface area (Å²) in [5.41, 5.74) is 0. The summed E-state index contributed by atoms with van der Waals surface area (Å²) >= 11 is 0. The molecule has 1 saturated heterocycles. The van der Waals surface area contributed by atoms with Crippen molar-refractivity contribution in [2.45, 2.75) is 25.8 Å². The van der Waals surface area contributed by atoms with E-state index in [0.717, 1.165) is 31.7 Å². The quantitative estimate of drug-likeness (QED) is 0.809. The van der Waals surface area contributed by atoms with Crippen molar-refractivity contribution >= 4 is 6.03 Å². The lowest BCUT2D eigenvalue weighted by Crippen LogP contribution is -2.39. The van der Waals surface area contributed by atoms with Gasteiger partial charge in [0.25, 0.3) is 0 Å². The maximum absolute atomic E-state index is 11.7. The van der Waals surface area contributed by atoms with Gasteiger partial charge in [0, 0.05) is 13.1 Å². The molecule has 4 nitrogen and oxygen atoms in total. The average Bonchev–Trinajstić information content (AvgIpc) is 2.91. The predicted octanol–water partition coefficient (Wildman–Crippen LogP) is 2.15. The van der Waals surface area contributed by atoms with Crippen LogP contribution in [0.3, 0.4) is 0 Å². The molecule has 1 N–H and O–H groups in total. The highest BCUT2D eigenvalue weighted by molar-refractivity contribution is 5.74. The second kappa shape index (κ2) is 4.38. The minimum Gasteiger partial charge on any atom is -0.467 e. The van der Waals surface area contributed by atoms with Gasteiger partial charge < -0.3 is 14.6 Å². The zero-order valence-corrected chi connectivity index (χ0v) is 8.90. The molecule has 0 bridgehead atoms. The van der Waals surface area contributed by atoms with Crippen molar-refractivity contribution in [2.24, 2.45) is 0 Å². The lowest BCUT2D eigenvalue weighted by atomic mass is 10.2. The van der Waals surface area contributed by atoms with Crippen LogP contribution in [0.5, 0.6) is 0 Å². The van der Waals surface area contributed by atoms with E-state index in [1.165, 1.54) is 0 Å². The van der Waals surface area contributed by atoms with Crippen molar-refractivity contribution in [1.29, 1.82) is 0 Å². The highest BCUT2D eigenvalue weighted by atomic mass is 16.3. The summed E-state index contributed by atoms with van der Waals surface area (Å²) in [5, 5.41) is 2.92. The van der Waals surface area contributed by atoms with Crippen LogP contribution >= 0.6 is 0 Å². The fraction of sp³-hybridized carbons (Fsp3) is 0.545. The summed E-state index contributed by atoms with van der Waals surface area (Å²) in [7, 11) is 0. The smallest absolute Gasteiger partial charge is 0.317 e. The molecule has 82 valence electrons. The predicted molar refractivity (Wildman–Crippen MR) is 56.5 cm³/mol. The number of urea groups is 1. The fourth-order valence-electron chi connectivity index (χ4n) is 1.81. The van der Waals surface area contributed by atoms with Crippen molar-refractivity contribution in [3.63, 3.8) is 0 Å².